The lowest BCUT2D eigenvalue weighted by Gasteiger charge is -2.33. The molecule has 2 heterocycles. The van der Waals surface area contributed by atoms with Gasteiger partial charge in [0.1, 0.15) is 0 Å². The number of aliphatic hydroxyl groups is 2. The van der Waals surface area contributed by atoms with Crippen LogP contribution < -0.4 is 0 Å². The van der Waals surface area contributed by atoms with Gasteiger partial charge < -0.3 is 15.1 Å². The quantitative estimate of drug-likeness (QED) is 0.806. The molecule has 2 aliphatic heterocycles. The molecule has 3 aliphatic rings. The Morgan fingerprint density at radius 2 is 1.65 bits per heavy atom. The van der Waals surface area contributed by atoms with Gasteiger partial charge in [-0.1, -0.05) is 30.3 Å². The van der Waals surface area contributed by atoms with Gasteiger partial charge >= 0.3 is 0 Å². The third kappa shape index (κ3) is 3.28. The molecule has 5 nitrogen and oxygen atoms in total. The first-order valence-electron chi connectivity index (χ1n) is 9.92. The standard InChI is InChI=1S/C21H30N2O3/c24-14-21(15-25)18-12-23(13-19(18)21)20(26)10-16-6-8-22(9-7-16)11-17-4-2-1-3-5-17/h1-5,16,18-19,24-25H,6-15H2. The van der Waals surface area contributed by atoms with Crippen LogP contribution in [0.3, 0.4) is 0 Å². The van der Waals surface area contributed by atoms with E-state index in [-0.39, 0.29) is 24.5 Å². The minimum Gasteiger partial charge on any atom is -0.396 e. The third-order valence-corrected chi connectivity index (χ3v) is 7.05. The van der Waals surface area contributed by atoms with Gasteiger partial charge in [0.05, 0.1) is 13.2 Å². The Labute approximate surface area is 155 Å². The zero-order chi connectivity index (χ0) is 18.1. The highest BCUT2D eigenvalue weighted by atomic mass is 16.3. The van der Waals surface area contributed by atoms with Crippen LogP contribution in [0.5, 0.6) is 0 Å². The normalized spacial score (nSPS) is 28.2. The number of nitrogens with zero attached hydrogens (tertiary/aromatic N) is 2. The maximum atomic E-state index is 12.6. The van der Waals surface area contributed by atoms with Gasteiger partial charge in [-0.3, -0.25) is 9.69 Å². The van der Waals surface area contributed by atoms with Gasteiger partial charge in [0.2, 0.25) is 5.91 Å². The predicted molar refractivity (Wildman–Crippen MR) is 99.2 cm³/mol. The van der Waals surface area contributed by atoms with E-state index in [1.165, 1.54) is 5.56 Å². The molecule has 0 aromatic heterocycles. The number of likely N-dealkylation sites (tertiary alicyclic amines) is 2. The van der Waals surface area contributed by atoms with Crippen molar-refractivity contribution >= 4 is 5.91 Å². The average molecular weight is 358 g/mol. The van der Waals surface area contributed by atoms with Crippen LogP contribution in [0, 0.1) is 23.2 Å². The van der Waals surface area contributed by atoms with Crippen LogP contribution in [0.1, 0.15) is 24.8 Å². The van der Waals surface area contributed by atoms with Crippen LogP contribution in [-0.2, 0) is 11.3 Å². The lowest BCUT2D eigenvalue weighted by Crippen LogP contribution is -2.39. The molecule has 5 heteroatoms. The fourth-order valence-electron chi connectivity index (χ4n) is 5.13. The van der Waals surface area contributed by atoms with Gasteiger partial charge in [-0.2, -0.15) is 0 Å². The Bertz CT molecular complexity index is 609. The molecule has 4 rings (SSSR count). The number of hydrogen-bond donors (Lipinski definition) is 2. The molecular weight excluding hydrogens is 328 g/mol. The van der Waals surface area contributed by atoms with E-state index in [2.05, 4.69) is 35.2 Å². The predicted octanol–water partition coefficient (Wildman–Crippen LogP) is 1.35. The topological polar surface area (TPSA) is 64.0 Å². The van der Waals surface area contributed by atoms with Crippen molar-refractivity contribution in [1.82, 2.24) is 9.80 Å². The lowest BCUT2D eigenvalue weighted by molar-refractivity contribution is -0.132. The minimum atomic E-state index is -0.306. The van der Waals surface area contributed by atoms with E-state index in [1.807, 2.05) is 4.90 Å². The molecule has 0 bridgehead atoms. The first kappa shape index (κ1) is 18.0. The van der Waals surface area contributed by atoms with E-state index in [9.17, 15) is 15.0 Å². The molecule has 2 saturated heterocycles. The van der Waals surface area contributed by atoms with Crippen LogP contribution in [-0.4, -0.2) is 65.3 Å². The molecule has 2 atom stereocenters. The Morgan fingerprint density at radius 1 is 1.04 bits per heavy atom. The van der Waals surface area contributed by atoms with Gasteiger partial charge in [-0.25, -0.2) is 0 Å². The fraction of sp³-hybridized carbons (Fsp3) is 0.667. The second-order valence-corrected chi connectivity index (χ2v) is 8.47. The molecule has 1 aromatic rings. The van der Waals surface area contributed by atoms with Gasteiger partial charge in [-0.05, 0) is 49.2 Å². The highest BCUT2D eigenvalue weighted by Gasteiger charge is 2.67. The highest BCUT2D eigenvalue weighted by Crippen LogP contribution is 2.62. The lowest BCUT2D eigenvalue weighted by atomic mass is 9.92. The van der Waals surface area contributed by atoms with Crippen LogP contribution >= 0.6 is 0 Å². The van der Waals surface area contributed by atoms with Gasteiger partial charge in [0.15, 0.2) is 0 Å². The second-order valence-electron chi connectivity index (χ2n) is 8.47. The smallest absolute Gasteiger partial charge is 0.222 e. The highest BCUT2D eigenvalue weighted by molar-refractivity contribution is 5.77. The van der Waals surface area contributed by atoms with Crippen molar-refractivity contribution in [3.05, 3.63) is 35.9 Å². The summed E-state index contributed by atoms with van der Waals surface area (Å²) in [6.07, 6.45) is 2.84. The number of carbonyl (C=O) groups is 1. The zero-order valence-electron chi connectivity index (χ0n) is 15.4. The molecule has 2 unspecified atom stereocenters. The van der Waals surface area contributed by atoms with Crippen LogP contribution in [0.4, 0.5) is 0 Å². The van der Waals surface area contributed by atoms with Crippen LogP contribution in [0.2, 0.25) is 0 Å². The molecule has 1 amide bonds. The second kappa shape index (κ2) is 7.29. The fourth-order valence-corrected chi connectivity index (χ4v) is 5.13. The summed E-state index contributed by atoms with van der Waals surface area (Å²) in [6, 6.07) is 10.6. The van der Waals surface area contributed by atoms with Crippen molar-refractivity contribution in [2.45, 2.75) is 25.8 Å². The molecule has 142 valence electrons. The molecule has 0 radical (unpaired) electrons. The SMILES string of the molecule is O=C(CC1CCN(Cc2ccccc2)CC1)N1CC2C(C1)C2(CO)CO. The Morgan fingerprint density at radius 3 is 2.23 bits per heavy atom. The summed E-state index contributed by atoms with van der Waals surface area (Å²) in [4.78, 5) is 17.1. The van der Waals surface area contributed by atoms with Crippen LogP contribution in [0.25, 0.3) is 0 Å². The van der Waals surface area contributed by atoms with E-state index in [0.29, 0.717) is 24.2 Å². The van der Waals surface area contributed by atoms with Crippen molar-refractivity contribution in [3.63, 3.8) is 0 Å². The zero-order valence-corrected chi connectivity index (χ0v) is 15.4. The van der Waals surface area contributed by atoms with Crippen LogP contribution in [0.15, 0.2) is 30.3 Å². The molecule has 3 fully saturated rings. The van der Waals surface area contributed by atoms with Crippen molar-refractivity contribution in [1.29, 1.82) is 0 Å². The summed E-state index contributed by atoms with van der Waals surface area (Å²) in [5.41, 5.74) is 1.05. The summed E-state index contributed by atoms with van der Waals surface area (Å²) in [6.45, 7) is 4.66. The van der Waals surface area contributed by atoms with Gasteiger partial charge in [0.25, 0.3) is 0 Å². The Balaban J connectivity index is 1.20. The molecular formula is C21H30N2O3. The first-order chi connectivity index (χ1) is 12.7. The summed E-state index contributed by atoms with van der Waals surface area (Å²) < 4.78 is 0. The molecule has 1 aliphatic carbocycles. The van der Waals surface area contributed by atoms with Gasteiger partial charge in [0, 0.05) is 31.5 Å². The Kier molecular flexibility index (Phi) is 5.04. The van der Waals surface area contributed by atoms with E-state index >= 15 is 0 Å². The first-order valence-corrected chi connectivity index (χ1v) is 9.92. The average Bonchev–Trinajstić information content (AvgIpc) is 3.03. The summed E-state index contributed by atoms with van der Waals surface area (Å²) in [5.74, 6) is 1.36. The Hall–Kier alpha value is -1.43. The van der Waals surface area contributed by atoms with Gasteiger partial charge in [-0.15, -0.1) is 0 Å². The molecule has 0 spiro atoms. The van der Waals surface area contributed by atoms with Crippen molar-refractivity contribution in [3.8, 4) is 0 Å². The number of amides is 1. The van der Waals surface area contributed by atoms with E-state index in [0.717, 1.165) is 45.6 Å². The minimum absolute atomic E-state index is 0.0424. The van der Waals surface area contributed by atoms with Crippen molar-refractivity contribution in [2.24, 2.45) is 23.2 Å². The number of aliphatic hydroxyl groups excluding tert-OH is 2. The summed E-state index contributed by atoms with van der Waals surface area (Å²) >= 11 is 0. The van der Waals surface area contributed by atoms with E-state index < -0.39 is 0 Å². The molecule has 1 aromatic carbocycles. The van der Waals surface area contributed by atoms with E-state index in [1.54, 1.807) is 0 Å². The number of fused-ring (bicyclic) bond motifs is 1. The number of carbonyl (C=O) groups excluding carboxylic acids is 1. The summed E-state index contributed by atoms with van der Waals surface area (Å²) in [7, 11) is 0. The maximum Gasteiger partial charge on any atom is 0.222 e. The summed E-state index contributed by atoms with van der Waals surface area (Å²) in [5, 5.41) is 19.0. The van der Waals surface area contributed by atoms with E-state index in [4.69, 9.17) is 0 Å². The molecule has 26 heavy (non-hydrogen) atoms. The maximum absolute atomic E-state index is 12.6. The third-order valence-electron chi connectivity index (χ3n) is 7.05. The number of hydrogen-bond acceptors (Lipinski definition) is 4. The van der Waals surface area contributed by atoms with Crippen molar-refractivity contribution in [2.75, 3.05) is 39.4 Å². The molecule has 2 N–H and O–H groups in total. The number of rotatable bonds is 6. The van der Waals surface area contributed by atoms with Crippen molar-refractivity contribution < 1.29 is 15.0 Å². The number of piperidine rings is 2. The monoisotopic (exact) mass is 358 g/mol. The molecule has 1 saturated carbocycles. The number of benzene rings is 1. The largest absolute Gasteiger partial charge is 0.396 e.